The van der Waals surface area contributed by atoms with E-state index in [2.05, 4.69) is 46.3 Å². The second-order valence-corrected chi connectivity index (χ2v) is 6.23. The van der Waals surface area contributed by atoms with Gasteiger partial charge < -0.3 is 4.42 Å². The lowest BCUT2D eigenvalue weighted by Crippen LogP contribution is -1.76. The van der Waals surface area contributed by atoms with Crippen molar-refractivity contribution >= 4 is 49.5 Å². The fourth-order valence-electron chi connectivity index (χ4n) is 2.61. The first-order valence-corrected chi connectivity index (χ1v) is 7.76. The van der Waals surface area contributed by atoms with Gasteiger partial charge in [0.05, 0.1) is 4.47 Å². The first-order valence-electron chi connectivity index (χ1n) is 6.59. The van der Waals surface area contributed by atoms with Crippen LogP contribution in [0.3, 0.4) is 0 Å². The summed E-state index contributed by atoms with van der Waals surface area (Å²) >= 11 is 9.65. The number of fused-ring (bicyclic) bond motifs is 3. The molecule has 0 saturated carbocycles. The van der Waals surface area contributed by atoms with Crippen molar-refractivity contribution in [2.75, 3.05) is 0 Å². The van der Waals surface area contributed by atoms with E-state index < -0.39 is 0 Å². The molecule has 0 saturated heterocycles. The van der Waals surface area contributed by atoms with E-state index in [1.54, 1.807) is 0 Å². The highest BCUT2D eigenvalue weighted by Crippen LogP contribution is 2.37. The SMILES string of the molecule is Clc1cc(Br)c2oc3cc(-c4ccccc4)ccc3c2c1. The maximum Gasteiger partial charge on any atom is 0.149 e. The van der Waals surface area contributed by atoms with Crippen molar-refractivity contribution in [3.05, 3.63) is 70.2 Å². The Hall–Kier alpha value is -1.77. The summed E-state index contributed by atoms with van der Waals surface area (Å²) in [5.74, 6) is 0. The van der Waals surface area contributed by atoms with Crippen molar-refractivity contribution in [1.82, 2.24) is 0 Å². The normalized spacial score (nSPS) is 11.3. The van der Waals surface area contributed by atoms with Crippen LogP contribution in [0.15, 0.2) is 69.6 Å². The molecular formula is C18H10BrClO. The van der Waals surface area contributed by atoms with Crippen molar-refractivity contribution in [2.24, 2.45) is 0 Å². The van der Waals surface area contributed by atoms with E-state index in [4.69, 9.17) is 16.0 Å². The summed E-state index contributed by atoms with van der Waals surface area (Å²) in [6, 6.07) is 20.3. The quantitative estimate of drug-likeness (QED) is 0.371. The van der Waals surface area contributed by atoms with Gasteiger partial charge in [-0.05, 0) is 51.3 Å². The van der Waals surface area contributed by atoms with Crippen LogP contribution in [0.5, 0.6) is 0 Å². The van der Waals surface area contributed by atoms with Gasteiger partial charge in [-0.3, -0.25) is 0 Å². The number of hydrogen-bond donors (Lipinski definition) is 0. The zero-order valence-corrected chi connectivity index (χ0v) is 13.3. The molecule has 4 rings (SSSR count). The number of hydrogen-bond acceptors (Lipinski definition) is 1. The van der Waals surface area contributed by atoms with E-state index in [0.29, 0.717) is 5.02 Å². The predicted octanol–water partition coefficient (Wildman–Crippen LogP) is 6.67. The molecule has 0 bridgehead atoms. The third kappa shape index (κ3) is 2.15. The van der Waals surface area contributed by atoms with E-state index in [1.165, 1.54) is 5.56 Å². The minimum atomic E-state index is 0.698. The minimum Gasteiger partial charge on any atom is -0.455 e. The lowest BCUT2D eigenvalue weighted by atomic mass is 10.0. The molecule has 21 heavy (non-hydrogen) atoms. The summed E-state index contributed by atoms with van der Waals surface area (Å²) in [6.45, 7) is 0. The number of halogens is 2. The largest absolute Gasteiger partial charge is 0.455 e. The molecular weight excluding hydrogens is 348 g/mol. The van der Waals surface area contributed by atoms with Gasteiger partial charge in [0.15, 0.2) is 0 Å². The second-order valence-electron chi connectivity index (χ2n) is 4.94. The summed E-state index contributed by atoms with van der Waals surface area (Å²) < 4.78 is 6.87. The molecule has 0 N–H and O–H groups in total. The third-order valence-electron chi connectivity index (χ3n) is 3.60. The van der Waals surface area contributed by atoms with E-state index in [9.17, 15) is 0 Å². The summed E-state index contributed by atoms with van der Waals surface area (Å²) in [7, 11) is 0. The molecule has 0 unspecified atom stereocenters. The number of furan rings is 1. The highest BCUT2D eigenvalue weighted by Gasteiger charge is 2.11. The Kier molecular flexibility index (Phi) is 3.02. The standard InChI is InChI=1S/C18H10BrClO/c19-16-10-13(20)9-15-14-7-6-12(8-17(14)21-18(15)16)11-4-2-1-3-5-11/h1-10H. The van der Waals surface area contributed by atoms with Gasteiger partial charge in [-0.2, -0.15) is 0 Å². The molecule has 0 aliphatic rings. The number of benzene rings is 3. The molecule has 0 atom stereocenters. The van der Waals surface area contributed by atoms with Crippen LogP contribution in [0.1, 0.15) is 0 Å². The van der Waals surface area contributed by atoms with Crippen LogP contribution in [0.4, 0.5) is 0 Å². The van der Waals surface area contributed by atoms with Crippen molar-refractivity contribution in [2.45, 2.75) is 0 Å². The Morgan fingerprint density at radius 3 is 2.43 bits per heavy atom. The highest BCUT2D eigenvalue weighted by molar-refractivity contribution is 9.10. The maximum absolute atomic E-state index is 6.14. The highest BCUT2D eigenvalue weighted by atomic mass is 79.9. The predicted molar refractivity (Wildman–Crippen MR) is 91.9 cm³/mol. The van der Waals surface area contributed by atoms with Crippen LogP contribution < -0.4 is 0 Å². The summed E-state index contributed by atoms with van der Waals surface area (Å²) in [4.78, 5) is 0. The lowest BCUT2D eigenvalue weighted by Gasteiger charge is -2.00. The molecule has 0 aliphatic carbocycles. The molecule has 1 heterocycles. The Labute approximate surface area is 135 Å². The van der Waals surface area contributed by atoms with Crippen LogP contribution in [0.25, 0.3) is 33.1 Å². The van der Waals surface area contributed by atoms with Crippen LogP contribution >= 0.6 is 27.5 Å². The van der Waals surface area contributed by atoms with Crippen LogP contribution in [-0.4, -0.2) is 0 Å². The molecule has 0 fully saturated rings. The maximum atomic E-state index is 6.14. The molecule has 102 valence electrons. The number of rotatable bonds is 1. The van der Waals surface area contributed by atoms with Crippen molar-refractivity contribution in [3.8, 4) is 11.1 Å². The van der Waals surface area contributed by atoms with Gasteiger partial charge >= 0.3 is 0 Å². The Morgan fingerprint density at radius 1 is 0.810 bits per heavy atom. The molecule has 0 amide bonds. The fraction of sp³-hybridized carbons (Fsp3) is 0. The molecule has 4 aromatic rings. The molecule has 1 aromatic heterocycles. The molecule has 3 heteroatoms. The van der Waals surface area contributed by atoms with Gasteiger partial charge in [0.25, 0.3) is 0 Å². The molecule has 0 spiro atoms. The van der Waals surface area contributed by atoms with Gasteiger partial charge in [-0.25, -0.2) is 0 Å². The van der Waals surface area contributed by atoms with E-state index >= 15 is 0 Å². The molecule has 1 nitrogen and oxygen atoms in total. The Bertz CT molecular complexity index is 957. The van der Waals surface area contributed by atoms with Gasteiger partial charge in [-0.15, -0.1) is 0 Å². The average molecular weight is 358 g/mol. The van der Waals surface area contributed by atoms with E-state index in [1.807, 2.05) is 30.3 Å². The van der Waals surface area contributed by atoms with Crippen LogP contribution in [0.2, 0.25) is 5.02 Å². The monoisotopic (exact) mass is 356 g/mol. The van der Waals surface area contributed by atoms with Crippen molar-refractivity contribution in [1.29, 1.82) is 0 Å². The summed E-state index contributed by atoms with van der Waals surface area (Å²) in [5.41, 5.74) is 4.02. The fourth-order valence-corrected chi connectivity index (χ4v) is 3.50. The second kappa shape index (κ2) is 4.90. The summed E-state index contributed by atoms with van der Waals surface area (Å²) in [6.07, 6.45) is 0. The third-order valence-corrected chi connectivity index (χ3v) is 4.41. The van der Waals surface area contributed by atoms with Gasteiger partial charge in [0, 0.05) is 15.8 Å². The molecule has 0 aliphatic heterocycles. The first kappa shape index (κ1) is 12.9. The topological polar surface area (TPSA) is 13.1 Å². The molecule has 0 radical (unpaired) electrons. The van der Waals surface area contributed by atoms with Gasteiger partial charge in [0.2, 0.25) is 0 Å². The lowest BCUT2D eigenvalue weighted by molar-refractivity contribution is 0.667. The van der Waals surface area contributed by atoms with E-state index in [0.717, 1.165) is 32.0 Å². The average Bonchev–Trinajstić information content (AvgIpc) is 2.86. The van der Waals surface area contributed by atoms with Crippen molar-refractivity contribution < 1.29 is 4.42 Å². The first-order chi connectivity index (χ1) is 10.2. The Morgan fingerprint density at radius 2 is 1.62 bits per heavy atom. The van der Waals surface area contributed by atoms with Crippen LogP contribution in [-0.2, 0) is 0 Å². The smallest absolute Gasteiger partial charge is 0.149 e. The minimum absolute atomic E-state index is 0.698. The summed E-state index contributed by atoms with van der Waals surface area (Å²) in [5, 5.41) is 2.81. The zero-order valence-electron chi connectivity index (χ0n) is 10.9. The Balaban J connectivity index is 2.01. The van der Waals surface area contributed by atoms with Crippen LogP contribution in [0, 0.1) is 0 Å². The van der Waals surface area contributed by atoms with Gasteiger partial charge in [0.1, 0.15) is 11.2 Å². The van der Waals surface area contributed by atoms with E-state index in [-0.39, 0.29) is 0 Å². The van der Waals surface area contributed by atoms with Crippen molar-refractivity contribution in [3.63, 3.8) is 0 Å². The zero-order chi connectivity index (χ0) is 14.4. The van der Waals surface area contributed by atoms with Gasteiger partial charge in [-0.1, -0.05) is 48.0 Å². The molecule has 3 aromatic carbocycles.